The van der Waals surface area contributed by atoms with E-state index in [-0.39, 0.29) is 0 Å². The highest BCUT2D eigenvalue weighted by Gasteiger charge is 2.04. The molecule has 2 nitrogen and oxygen atoms in total. The quantitative estimate of drug-likeness (QED) is 0.259. The molecule has 0 aromatic heterocycles. The average Bonchev–Trinajstić information content (AvgIpc) is 2.45. The number of rotatable bonds is 16. The second-order valence-corrected chi connectivity index (χ2v) is 6.82. The molecule has 0 heterocycles. The van der Waals surface area contributed by atoms with Crippen LogP contribution in [0.3, 0.4) is 0 Å². The third-order valence-corrected chi connectivity index (χ3v) is 4.47. The summed E-state index contributed by atoms with van der Waals surface area (Å²) in [5.41, 5.74) is 0. The van der Waals surface area contributed by atoms with Crippen LogP contribution >= 0.6 is 11.6 Å². The summed E-state index contributed by atoms with van der Waals surface area (Å²) in [7, 11) is 0. The minimum atomic E-state index is -0.675. The van der Waals surface area contributed by atoms with Gasteiger partial charge in [0.1, 0.15) is 0 Å². The molecular formula is C18H35ClO2. The molecule has 3 heteroatoms. The van der Waals surface area contributed by atoms with Crippen LogP contribution in [0.1, 0.15) is 103 Å². The maximum Gasteiger partial charge on any atom is 0.303 e. The standard InChI is InChI=1S/C18H35ClO2/c1-2-3-4-5-6-8-11-14-17(19)15-12-9-7-10-13-16-18(20)21/h17H,2-16H2,1H3,(H,20,21). The monoisotopic (exact) mass is 318 g/mol. The average molecular weight is 319 g/mol. The molecule has 0 aromatic rings. The van der Waals surface area contributed by atoms with E-state index in [4.69, 9.17) is 16.7 Å². The zero-order valence-electron chi connectivity index (χ0n) is 13.9. The van der Waals surface area contributed by atoms with Crippen molar-refractivity contribution in [3.05, 3.63) is 0 Å². The van der Waals surface area contributed by atoms with Gasteiger partial charge in [-0.1, -0.05) is 77.6 Å². The van der Waals surface area contributed by atoms with Crippen molar-refractivity contribution in [2.24, 2.45) is 0 Å². The topological polar surface area (TPSA) is 37.3 Å². The van der Waals surface area contributed by atoms with Crippen LogP contribution in [0, 0.1) is 0 Å². The van der Waals surface area contributed by atoms with Crippen molar-refractivity contribution in [2.75, 3.05) is 0 Å². The molecule has 0 fully saturated rings. The van der Waals surface area contributed by atoms with E-state index < -0.39 is 5.97 Å². The fourth-order valence-corrected chi connectivity index (χ4v) is 2.95. The molecule has 0 aromatic carbocycles. The van der Waals surface area contributed by atoms with Crippen molar-refractivity contribution >= 4 is 17.6 Å². The molecule has 21 heavy (non-hydrogen) atoms. The van der Waals surface area contributed by atoms with E-state index in [0.29, 0.717) is 11.8 Å². The molecule has 0 radical (unpaired) electrons. The van der Waals surface area contributed by atoms with E-state index >= 15 is 0 Å². The second-order valence-electron chi connectivity index (χ2n) is 6.21. The predicted molar refractivity (Wildman–Crippen MR) is 92.2 cm³/mol. The van der Waals surface area contributed by atoms with E-state index in [0.717, 1.165) is 32.1 Å². The number of aliphatic carboxylic acids is 1. The van der Waals surface area contributed by atoms with Crippen molar-refractivity contribution in [1.82, 2.24) is 0 Å². The van der Waals surface area contributed by atoms with Gasteiger partial charge in [0.2, 0.25) is 0 Å². The number of halogens is 1. The predicted octanol–water partition coefficient (Wildman–Crippen LogP) is 6.55. The van der Waals surface area contributed by atoms with E-state index in [9.17, 15) is 4.79 Å². The summed E-state index contributed by atoms with van der Waals surface area (Å²) in [6.45, 7) is 2.25. The highest BCUT2D eigenvalue weighted by atomic mass is 35.5. The Morgan fingerprint density at radius 1 is 0.810 bits per heavy atom. The fourth-order valence-electron chi connectivity index (χ4n) is 2.64. The Labute approximate surface area is 136 Å². The highest BCUT2D eigenvalue weighted by Crippen LogP contribution is 2.18. The molecule has 0 saturated carbocycles. The number of unbranched alkanes of at least 4 members (excludes halogenated alkanes) is 10. The van der Waals surface area contributed by atoms with Crippen molar-refractivity contribution in [3.63, 3.8) is 0 Å². The molecule has 0 saturated heterocycles. The molecule has 0 amide bonds. The minimum absolute atomic E-state index is 0.316. The third kappa shape index (κ3) is 17.7. The Kier molecular flexibility index (Phi) is 16.0. The first-order valence-electron chi connectivity index (χ1n) is 9.02. The largest absolute Gasteiger partial charge is 0.481 e. The molecule has 1 unspecified atom stereocenters. The first-order valence-corrected chi connectivity index (χ1v) is 9.46. The van der Waals surface area contributed by atoms with Gasteiger partial charge in [0.25, 0.3) is 0 Å². The van der Waals surface area contributed by atoms with Gasteiger partial charge in [-0.2, -0.15) is 0 Å². The molecule has 126 valence electrons. The highest BCUT2D eigenvalue weighted by molar-refractivity contribution is 6.20. The van der Waals surface area contributed by atoms with Crippen LogP contribution in [0.4, 0.5) is 0 Å². The Bertz CT molecular complexity index is 231. The van der Waals surface area contributed by atoms with Gasteiger partial charge in [-0.15, -0.1) is 11.6 Å². The van der Waals surface area contributed by atoms with E-state index in [1.165, 1.54) is 57.8 Å². The first-order chi connectivity index (χ1) is 10.2. The van der Waals surface area contributed by atoms with Crippen molar-refractivity contribution in [2.45, 2.75) is 109 Å². The number of hydrogen-bond acceptors (Lipinski definition) is 1. The molecule has 0 rings (SSSR count). The van der Waals surface area contributed by atoms with Crippen molar-refractivity contribution in [1.29, 1.82) is 0 Å². The number of carboxylic acids is 1. The summed E-state index contributed by atoms with van der Waals surface area (Å²) < 4.78 is 0. The van der Waals surface area contributed by atoms with Gasteiger partial charge in [-0.3, -0.25) is 4.79 Å². The Hall–Kier alpha value is -0.240. The van der Waals surface area contributed by atoms with Gasteiger partial charge in [0.05, 0.1) is 0 Å². The molecule has 0 bridgehead atoms. The summed E-state index contributed by atoms with van der Waals surface area (Å²) in [5.74, 6) is -0.675. The Balaban J connectivity index is 3.16. The maximum atomic E-state index is 10.4. The first kappa shape index (κ1) is 20.8. The molecule has 0 aliphatic carbocycles. The Morgan fingerprint density at radius 2 is 1.24 bits per heavy atom. The number of carbonyl (C=O) groups is 1. The van der Waals surface area contributed by atoms with Crippen LogP contribution in [-0.4, -0.2) is 16.5 Å². The molecule has 0 aliphatic heterocycles. The zero-order valence-corrected chi connectivity index (χ0v) is 14.7. The summed E-state index contributed by atoms with van der Waals surface area (Å²) in [4.78, 5) is 10.4. The van der Waals surface area contributed by atoms with Crippen LogP contribution in [-0.2, 0) is 4.79 Å². The molecular weight excluding hydrogens is 284 g/mol. The van der Waals surface area contributed by atoms with Crippen molar-refractivity contribution in [3.8, 4) is 0 Å². The number of carboxylic acid groups (broad SMARTS) is 1. The summed E-state index contributed by atoms with van der Waals surface area (Å²) in [5, 5.41) is 8.88. The lowest BCUT2D eigenvalue weighted by Gasteiger charge is -2.09. The van der Waals surface area contributed by atoms with Gasteiger partial charge in [0, 0.05) is 11.8 Å². The van der Waals surface area contributed by atoms with Gasteiger partial charge >= 0.3 is 5.97 Å². The summed E-state index contributed by atoms with van der Waals surface area (Å²) in [6.07, 6.45) is 17.4. The van der Waals surface area contributed by atoms with Gasteiger partial charge in [-0.25, -0.2) is 0 Å². The minimum Gasteiger partial charge on any atom is -0.481 e. The van der Waals surface area contributed by atoms with Gasteiger partial charge in [-0.05, 0) is 19.3 Å². The van der Waals surface area contributed by atoms with Gasteiger partial charge in [0.15, 0.2) is 0 Å². The van der Waals surface area contributed by atoms with Crippen LogP contribution in [0.5, 0.6) is 0 Å². The number of hydrogen-bond donors (Lipinski definition) is 1. The summed E-state index contributed by atoms with van der Waals surface area (Å²) >= 11 is 6.35. The number of alkyl halides is 1. The van der Waals surface area contributed by atoms with E-state index in [1.807, 2.05) is 0 Å². The van der Waals surface area contributed by atoms with Crippen LogP contribution in [0.25, 0.3) is 0 Å². The molecule has 1 N–H and O–H groups in total. The molecule has 0 spiro atoms. The summed E-state index contributed by atoms with van der Waals surface area (Å²) in [6, 6.07) is 0. The second kappa shape index (κ2) is 16.1. The van der Waals surface area contributed by atoms with E-state index in [2.05, 4.69) is 6.92 Å². The third-order valence-electron chi connectivity index (χ3n) is 4.03. The van der Waals surface area contributed by atoms with Crippen molar-refractivity contribution < 1.29 is 9.90 Å². The van der Waals surface area contributed by atoms with Gasteiger partial charge < -0.3 is 5.11 Å². The van der Waals surface area contributed by atoms with E-state index in [1.54, 1.807) is 0 Å². The fraction of sp³-hybridized carbons (Fsp3) is 0.944. The smallest absolute Gasteiger partial charge is 0.303 e. The lowest BCUT2D eigenvalue weighted by atomic mass is 10.0. The lowest BCUT2D eigenvalue weighted by molar-refractivity contribution is -0.137. The Morgan fingerprint density at radius 3 is 1.71 bits per heavy atom. The zero-order chi connectivity index (χ0) is 15.8. The maximum absolute atomic E-state index is 10.4. The molecule has 0 aliphatic rings. The SMILES string of the molecule is CCCCCCCCCC(Cl)CCCCCCCC(=O)O. The van der Waals surface area contributed by atoms with Crippen LogP contribution in [0.2, 0.25) is 0 Å². The molecule has 1 atom stereocenters. The normalized spacial score (nSPS) is 12.5. The lowest BCUT2D eigenvalue weighted by Crippen LogP contribution is -1.98. The van der Waals surface area contributed by atoms with Crippen LogP contribution < -0.4 is 0 Å². The van der Waals surface area contributed by atoms with Crippen LogP contribution in [0.15, 0.2) is 0 Å².